The molecule has 0 atom stereocenters. The van der Waals surface area contributed by atoms with E-state index in [-0.39, 0.29) is 16.9 Å². The number of hydrogen-bond donors (Lipinski definition) is 2. The van der Waals surface area contributed by atoms with Gasteiger partial charge in [-0.3, -0.25) is 14.9 Å². The van der Waals surface area contributed by atoms with Crippen molar-refractivity contribution in [3.8, 4) is 5.75 Å². The predicted octanol–water partition coefficient (Wildman–Crippen LogP) is 5.50. The van der Waals surface area contributed by atoms with Gasteiger partial charge in [0.15, 0.2) is 5.11 Å². The van der Waals surface area contributed by atoms with Crippen molar-refractivity contribution in [3.05, 3.63) is 59.7 Å². The quantitative estimate of drug-likeness (QED) is 0.425. The maximum absolute atomic E-state index is 12.7. The third-order valence-corrected chi connectivity index (χ3v) is 5.16. The van der Waals surface area contributed by atoms with Crippen LogP contribution in [-0.4, -0.2) is 41.5 Å². The Hall–Kier alpha value is -2.93. The van der Waals surface area contributed by atoms with E-state index in [1.165, 1.54) is 0 Å². The fourth-order valence-electron chi connectivity index (χ4n) is 3.21. The highest BCUT2D eigenvalue weighted by atomic mass is 32.1. The summed E-state index contributed by atoms with van der Waals surface area (Å²) in [7, 11) is 0. The van der Waals surface area contributed by atoms with Gasteiger partial charge < -0.3 is 15.0 Å². The van der Waals surface area contributed by atoms with E-state index in [4.69, 9.17) is 17.0 Å². The van der Waals surface area contributed by atoms with Crippen molar-refractivity contribution >= 4 is 34.8 Å². The highest BCUT2D eigenvalue weighted by Crippen LogP contribution is 2.15. The second-order valence-electron chi connectivity index (χ2n) is 8.34. The molecule has 6 nitrogen and oxygen atoms in total. The van der Waals surface area contributed by atoms with Gasteiger partial charge in [-0.25, -0.2) is 0 Å². The molecule has 178 valence electrons. The normalized spacial score (nSPS) is 10.6. The summed E-state index contributed by atoms with van der Waals surface area (Å²) in [5.41, 5.74) is 1.79. The van der Waals surface area contributed by atoms with Crippen LogP contribution in [-0.2, 0) is 0 Å². The van der Waals surface area contributed by atoms with Crippen LogP contribution in [0.3, 0.4) is 0 Å². The summed E-state index contributed by atoms with van der Waals surface area (Å²) in [4.78, 5) is 27.1. The third-order valence-electron chi connectivity index (χ3n) is 4.95. The number of carbonyl (C=O) groups is 2. The van der Waals surface area contributed by atoms with E-state index >= 15 is 0 Å². The Morgan fingerprint density at radius 1 is 1.00 bits per heavy atom. The first-order chi connectivity index (χ1) is 15.8. The van der Waals surface area contributed by atoms with Crippen LogP contribution in [0.5, 0.6) is 5.75 Å². The van der Waals surface area contributed by atoms with E-state index in [0.717, 1.165) is 32.4 Å². The summed E-state index contributed by atoms with van der Waals surface area (Å²) in [6, 6.07) is 14.1. The molecule has 0 aliphatic heterocycles. The zero-order valence-corrected chi connectivity index (χ0v) is 20.8. The van der Waals surface area contributed by atoms with Gasteiger partial charge in [-0.1, -0.05) is 33.8 Å². The maximum Gasteiger partial charge on any atom is 0.257 e. The summed E-state index contributed by atoms with van der Waals surface area (Å²) in [5.74, 6) is 0.918. The Kier molecular flexibility index (Phi) is 10.8. The maximum atomic E-state index is 12.7. The Morgan fingerprint density at radius 2 is 1.67 bits per heavy atom. The Bertz CT molecular complexity index is 923. The molecule has 2 amide bonds. The average Bonchev–Trinajstić information content (AvgIpc) is 2.79. The Labute approximate surface area is 202 Å². The molecule has 0 aliphatic carbocycles. The van der Waals surface area contributed by atoms with Gasteiger partial charge in [0.1, 0.15) is 5.75 Å². The molecule has 0 fully saturated rings. The molecule has 2 aromatic carbocycles. The van der Waals surface area contributed by atoms with E-state index in [2.05, 4.69) is 38.3 Å². The molecular weight excluding hydrogens is 434 g/mol. The number of nitrogens with one attached hydrogen (secondary N) is 2. The van der Waals surface area contributed by atoms with Gasteiger partial charge >= 0.3 is 0 Å². The largest absolute Gasteiger partial charge is 0.494 e. The lowest BCUT2D eigenvalue weighted by Gasteiger charge is -2.21. The number of ether oxygens (including phenoxy) is 1. The molecule has 0 heterocycles. The highest BCUT2D eigenvalue weighted by molar-refractivity contribution is 7.80. The number of benzene rings is 2. The molecule has 0 spiro atoms. The molecule has 0 radical (unpaired) electrons. The molecule has 33 heavy (non-hydrogen) atoms. The first kappa shape index (κ1) is 26.3. The van der Waals surface area contributed by atoms with Gasteiger partial charge in [0, 0.05) is 29.9 Å². The smallest absolute Gasteiger partial charge is 0.257 e. The number of thiocarbonyl (C=S) groups is 1. The van der Waals surface area contributed by atoms with E-state index in [9.17, 15) is 9.59 Å². The van der Waals surface area contributed by atoms with Crippen molar-refractivity contribution in [1.82, 2.24) is 10.2 Å². The lowest BCUT2D eigenvalue weighted by Crippen LogP contribution is -2.34. The molecule has 2 aromatic rings. The van der Waals surface area contributed by atoms with Crippen LogP contribution >= 0.6 is 12.2 Å². The molecule has 2 N–H and O–H groups in total. The van der Waals surface area contributed by atoms with Crippen molar-refractivity contribution in [2.24, 2.45) is 5.92 Å². The van der Waals surface area contributed by atoms with Crippen molar-refractivity contribution in [2.75, 3.05) is 25.0 Å². The molecule has 0 aliphatic rings. The predicted molar refractivity (Wildman–Crippen MR) is 138 cm³/mol. The summed E-state index contributed by atoms with van der Waals surface area (Å²) in [6.07, 6.45) is 2.79. The summed E-state index contributed by atoms with van der Waals surface area (Å²) in [5, 5.41) is 5.86. The second kappa shape index (κ2) is 13.6. The Morgan fingerprint density at radius 3 is 2.27 bits per heavy atom. The first-order valence-corrected chi connectivity index (χ1v) is 12.0. The number of hydrogen-bond acceptors (Lipinski definition) is 4. The van der Waals surface area contributed by atoms with Gasteiger partial charge in [-0.05, 0) is 79.9 Å². The summed E-state index contributed by atoms with van der Waals surface area (Å²) < 4.78 is 5.73. The van der Waals surface area contributed by atoms with Crippen molar-refractivity contribution in [2.45, 2.75) is 47.0 Å². The summed E-state index contributed by atoms with van der Waals surface area (Å²) >= 11 is 5.29. The van der Waals surface area contributed by atoms with Crippen LogP contribution in [0.2, 0.25) is 0 Å². The summed E-state index contributed by atoms with van der Waals surface area (Å²) in [6.45, 7) is 10.5. The standard InChI is InChI=1S/C26H35N3O3S/c1-5-15-29(16-6-2)25(31)20-10-12-22(13-11-20)27-26(33)28-24(30)21-8-7-9-23(18-21)32-17-14-19(3)4/h7-13,18-19H,5-6,14-17H2,1-4H3,(H2,27,28,30,33). The van der Waals surface area contributed by atoms with Gasteiger partial charge in [-0.2, -0.15) is 0 Å². The van der Waals surface area contributed by atoms with Crippen molar-refractivity contribution < 1.29 is 14.3 Å². The minimum atomic E-state index is -0.316. The number of carbonyl (C=O) groups excluding carboxylic acids is 2. The molecule has 0 saturated carbocycles. The Balaban J connectivity index is 1.92. The zero-order valence-electron chi connectivity index (χ0n) is 20.0. The third kappa shape index (κ3) is 8.85. The molecule has 0 unspecified atom stereocenters. The van der Waals surface area contributed by atoms with Crippen LogP contribution in [0.15, 0.2) is 48.5 Å². The molecule has 0 bridgehead atoms. The number of anilines is 1. The molecule has 0 saturated heterocycles. The minimum Gasteiger partial charge on any atom is -0.494 e. The lowest BCUT2D eigenvalue weighted by molar-refractivity contribution is 0.0755. The first-order valence-electron chi connectivity index (χ1n) is 11.6. The average molecular weight is 470 g/mol. The fraction of sp³-hybridized carbons (Fsp3) is 0.423. The molecule has 0 aromatic heterocycles. The van der Waals surface area contributed by atoms with Crippen LogP contribution < -0.4 is 15.4 Å². The van der Waals surface area contributed by atoms with Crippen molar-refractivity contribution in [3.63, 3.8) is 0 Å². The van der Waals surface area contributed by atoms with Gasteiger partial charge in [0.2, 0.25) is 0 Å². The minimum absolute atomic E-state index is 0.0247. The van der Waals surface area contributed by atoms with Crippen molar-refractivity contribution in [1.29, 1.82) is 0 Å². The van der Waals surface area contributed by atoms with Gasteiger partial charge in [-0.15, -0.1) is 0 Å². The zero-order chi connectivity index (χ0) is 24.2. The van der Waals surface area contributed by atoms with Crippen LogP contribution in [0.4, 0.5) is 5.69 Å². The highest BCUT2D eigenvalue weighted by Gasteiger charge is 2.14. The lowest BCUT2D eigenvalue weighted by atomic mass is 10.1. The second-order valence-corrected chi connectivity index (χ2v) is 8.74. The van der Waals surface area contributed by atoms with Crippen LogP contribution in [0.25, 0.3) is 0 Å². The van der Waals surface area contributed by atoms with E-state index in [1.807, 2.05) is 11.0 Å². The van der Waals surface area contributed by atoms with E-state index < -0.39 is 0 Å². The van der Waals surface area contributed by atoms with Gasteiger partial charge in [0.05, 0.1) is 6.61 Å². The van der Waals surface area contributed by atoms with Crippen LogP contribution in [0.1, 0.15) is 67.7 Å². The molecule has 2 rings (SSSR count). The van der Waals surface area contributed by atoms with E-state index in [1.54, 1.807) is 42.5 Å². The van der Waals surface area contributed by atoms with E-state index in [0.29, 0.717) is 35.1 Å². The topological polar surface area (TPSA) is 70.7 Å². The number of amides is 2. The fourth-order valence-corrected chi connectivity index (χ4v) is 3.42. The van der Waals surface area contributed by atoms with Gasteiger partial charge in [0.25, 0.3) is 11.8 Å². The number of rotatable bonds is 11. The monoisotopic (exact) mass is 469 g/mol. The molecular formula is C26H35N3O3S. The number of nitrogens with zero attached hydrogens (tertiary/aromatic N) is 1. The van der Waals surface area contributed by atoms with Crippen LogP contribution in [0, 0.1) is 5.92 Å². The SMILES string of the molecule is CCCN(CCC)C(=O)c1ccc(NC(=S)NC(=O)c2cccc(OCCC(C)C)c2)cc1. The molecule has 7 heteroatoms.